The number of aromatic nitrogens is 2. The topological polar surface area (TPSA) is 38.1 Å². The zero-order valence-corrected chi connectivity index (χ0v) is 16.1. The molecule has 2 heterocycles. The van der Waals surface area contributed by atoms with Crippen LogP contribution < -0.4 is 0 Å². The second kappa shape index (κ2) is 7.72. The van der Waals surface area contributed by atoms with Crippen molar-refractivity contribution < 1.29 is 18.0 Å². The third-order valence-corrected chi connectivity index (χ3v) is 5.58. The summed E-state index contributed by atoms with van der Waals surface area (Å²) in [5.41, 5.74) is 0.153. The summed E-state index contributed by atoms with van der Waals surface area (Å²) in [7, 11) is 0. The van der Waals surface area contributed by atoms with Gasteiger partial charge in [0.1, 0.15) is 6.54 Å². The number of amides is 1. The first-order chi connectivity index (χ1) is 12.7. The van der Waals surface area contributed by atoms with Crippen molar-refractivity contribution in [2.75, 3.05) is 13.1 Å². The summed E-state index contributed by atoms with van der Waals surface area (Å²) in [4.78, 5) is 14.2. The third kappa shape index (κ3) is 4.41. The van der Waals surface area contributed by atoms with E-state index in [-0.39, 0.29) is 18.1 Å². The molecule has 1 aliphatic heterocycles. The summed E-state index contributed by atoms with van der Waals surface area (Å²) in [5, 5.41) is 3.70. The van der Waals surface area contributed by atoms with Crippen molar-refractivity contribution in [3.05, 3.63) is 51.3 Å². The highest BCUT2D eigenvalue weighted by molar-refractivity contribution is 6.32. The number of hydrogen-bond acceptors (Lipinski definition) is 2. The van der Waals surface area contributed by atoms with Gasteiger partial charge in [0.25, 0.3) is 0 Å². The van der Waals surface area contributed by atoms with Gasteiger partial charge in [0.15, 0.2) is 5.69 Å². The maximum Gasteiger partial charge on any atom is 0.436 e. The fourth-order valence-corrected chi connectivity index (χ4v) is 3.65. The molecule has 1 saturated heterocycles. The maximum absolute atomic E-state index is 12.9. The average molecular weight is 420 g/mol. The van der Waals surface area contributed by atoms with E-state index in [4.69, 9.17) is 23.2 Å². The monoisotopic (exact) mass is 419 g/mol. The lowest BCUT2D eigenvalue weighted by Gasteiger charge is -2.32. The molecule has 0 spiro atoms. The predicted octanol–water partition coefficient (Wildman–Crippen LogP) is 4.92. The Kier molecular flexibility index (Phi) is 5.72. The van der Waals surface area contributed by atoms with Crippen LogP contribution in [0.15, 0.2) is 24.3 Å². The molecule has 146 valence electrons. The number of benzene rings is 1. The molecular weight excluding hydrogens is 402 g/mol. The van der Waals surface area contributed by atoms with E-state index in [9.17, 15) is 18.0 Å². The number of rotatable bonds is 3. The van der Waals surface area contributed by atoms with E-state index < -0.39 is 16.9 Å². The second-order valence-electron chi connectivity index (χ2n) is 6.61. The molecule has 27 heavy (non-hydrogen) atoms. The lowest BCUT2D eigenvalue weighted by atomic mass is 9.89. The average Bonchev–Trinajstić information content (AvgIpc) is 2.91. The zero-order chi connectivity index (χ0) is 19.8. The van der Waals surface area contributed by atoms with Crippen LogP contribution in [0.1, 0.15) is 35.7 Å². The molecule has 1 fully saturated rings. The number of carbonyl (C=O) groups excluding carboxylic acids is 1. The molecule has 0 radical (unpaired) electrons. The minimum absolute atomic E-state index is 0.133. The maximum atomic E-state index is 12.9. The van der Waals surface area contributed by atoms with Crippen molar-refractivity contribution in [3.63, 3.8) is 0 Å². The third-order valence-electron chi connectivity index (χ3n) is 4.88. The molecule has 0 atom stereocenters. The number of likely N-dealkylation sites (tertiary alicyclic amines) is 1. The van der Waals surface area contributed by atoms with Gasteiger partial charge in [-0.25, -0.2) is 0 Å². The van der Waals surface area contributed by atoms with E-state index >= 15 is 0 Å². The van der Waals surface area contributed by atoms with Crippen molar-refractivity contribution >= 4 is 29.1 Å². The number of piperidine rings is 1. The molecule has 1 aliphatic rings. The number of carbonyl (C=O) groups is 1. The Labute approximate surface area is 164 Å². The number of halogens is 5. The molecule has 4 nitrogen and oxygen atoms in total. The van der Waals surface area contributed by atoms with Crippen LogP contribution in [0.2, 0.25) is 10.0 Å². The number of nitrogens with zero attached hydrogens (tertiary/aromatic N) is 3. The highest BCUT2D eigenvalue weighted by atomic mass is 35.5. The molecule has 0 N–H and O–H groups in total. The zero-order valence-electron chi connectivity index (χ0n) is 14.6. The van der Waals surface area contributed by atoms with E-state index in [2.05, 4.69) is 5.10 Å². The number of hydrogen-bond donors (Lipinski definition) is 0. The summed E-state index contributed by atoms with van der Waals surface area (Å²) in [5.74, 6) is 0.0737. The van der Waals surface area contributed by atoms with Crippen molar-refractivity contribution in [2.24, 2.45) is 0 Å². The summed E-state index contributed by atoms with van der Waals surface area (Å²) in [6.07, 6.45) is -3.06. The molecule has 9 heteroatoms. The molecule has 0 bridgehead atoms. The van der Waals surface area contributed by atoms with Crippen LogP contribution in [0.3, 0.4) is 0 Å². The first-order valence-corrected chi connectivity index (χ1v) is 9.25. The van der Waals surface area contributed by atoms with Gasteiger partial charge in [-0.2, -0.15) is 18.3 Å². The SMILES string of the molecule is Cc1c(Cl)c(C(F)(F)F)nn1CC(=O)N1CCC(c2ccc(Cl)cc2)CC1. The fourth-order valence-electron chi connectivity index (χ4n) is 3.28. The van der Waals surface area contributed by atoms with Crippen LogP contribution in [-0.4, -0.2) is 33.7 Å². The minimum atomic E-state index is -4.65. The highest BCUT2D eigenvalue weighted by Gasteiger charge is 2.38. The molecule has 0 unspecified atom stereocenters. The van der Waals surface area contributed by atoms with Crippen LogP contribution in [0.25, 0.3) is 0 Å². The molecule has 0 aliphatic carbocycles. The smallest absolute Gasteiger partial charge is 0.341 e. The van der Waals surface area contributed by atoms with Gasteiger partial charge in [-0.05, 0) is 43.4 Å². The van der Waals surface area contributed by atoms with Gasteiger partial charge < -0.3 is 4.90 Å². The standard InChI is InChI=1S/C18H18Cl2F3N3O/c1-11-16(20)17(18(21,22)23)24-26(11)10-15(27)25-8-6-13(7-9-25)12-2-4-14(19)5-3-12/h2-5,13H,6-10H2,1H3. The van der Waals surface area contributed by atoms with Gasteiger partial charge in [0.2, 0.25) is 5.91 Å². The van der Waals surface area contributed by atoms with Crippen molar-refractivity contribution in [1.29, 1.82) is 0 Å². The molecule has 3 rings (SSSR count). The van der Waals surface area contributed by atoms with Gasteiger partial charge in [-0.15, -0.1) is 0 Å². The quantitative estimate of drug-likeness (QED) is 0.707. The molecule has 0 saturated carbocycles. The predicted molar refractivity (Wildman–Crippen MR) is 97.0 cm³/mol. The van der Waals surface area contributed by atoms with Crippen LogP contribution >= 0.6 is 23.2 Å². The van der Waals surface area contributed by atoms with E-state index in [1.54, 1.807) is 4.90 Å². The van der Waals surface area contributed by atoms with Crippen LogP contribution in [0.5, 0.6) is 0 Å². The highest BCUT2D eigenvalue weighted by Crippen LogP contribution is 2.35. The number of alkyl halides is 3. The molecule has 1 amide bonds. The largest absolute Gasteiger partial charge is 0.436 e. The van der Waals surface area contributed by atoms with E-state index in [0.29, 0.717) is 24.0 Å². The van der Waals surface area contributed by atoms with Gasteiger partial charge in [0.05, 0.1) is 10.7 Å². The lowest BCUT2D eigenvalue weighted by Crippen LogP contribution is -2.40. The molecule has 1 aromatic heterocycles. The Morgan fingerprint density at radius 3 is 2.30 bits per heavy atom. The molecule has 2 aromatic rings. The van der Waals surface area contributed by atoms with Crippen molar-refractivity contribution in [1.82, 2.24) is 14.7 Å². The molecule has 1 aromatic carbocycles. The normalized spacial score (nSPS) is 16.0. The van der Waals surface area contributed by atoms with Crippen LogP contribution in [0, 0.1) is 6.92 Å². The van der Waals surface area contributed by atoms with Gasteiger partial charge in [-0.1, -0.05) is 35.3 Å². The molecular formula is C18H18Cl2F3N3O. The minimum Gasteiger partial charge on any atom is -0.341 e. The van der Waals surface area contributed by atoms with Gasteiger partial charge in [0, 0.05) is 18.1 Å². The van der Waals surface area contributed by atoms with E-state index in [0.717, 1.165) is 17.5 Å². The van der Waals surface area contributed by atoms with Crippen molar-refractivity contribution in [3.8, 4) is 0 Å². The fraction of sp³-hybridized carbons (Fsp3) is 0.444. The van der Waals surface area contributed by atoms with E-state index in [1.807, 2.05) is 24.3 Å². The van der Waals surface area contributed by atoms with Crippen LogP contribution in [0.4, 0.5) is 13.2 Å². The Balaban J connectivity index is 1.63. The Bertz CT molecular complexity index is 826. The summed E-state index contributed by atoms with van der Waals surface area (Å²) in [6, 6.07) is 7.66. The Hall–Kier alpha value is -1.73. The lowest BCUT2D eigenvalue weighted by molar-refractivity contribution is -0.142. The Morgan fingerprint density at radius 1 is 1.19 bits per heavy atom. The summed E-state index contributed by atoms with van der Waals surface area (Å²) >= 11 is 11.6. The van der Waals surface area contributed by atoms with E-state index in [1.165, 1.54) is 12.5 Å². The second-order valence-corrected chi connectivity index (χ2v) is 7.42. The van der Waals surface area contributed by atoms with Crippen molar-refractivity contribution in [2.45, 2.75) is 38.4 Å². The van der Waals surface area contributed by atoms with Crippen LogP contribution in [-0.2, 0) is 17.5 Å². The first kappa shape index (κ1) is 20.0. The summed E-state index contributed by atoms with van der Waals surface area (Å²) < 4.78 is 39.7. The van der Waals surface area contributed by atoms with Gasteiger partial charge >= 0.3 is 6.18 Å². The van der Waals surface area contributed by atoms with Gasteiger partial charge in [-0.3, -0.25) is 9.48 Å². The Morgan fingerprint density at radius 2 is 1.78 bits per heavy atom. The first-order valence-electron chi connectivity index (χ1n) is 8.50. The summed E-state index contributed by atoms with van der Waals surface area (Å²) in [6.45, 7) is 2.26.